The predicted molar refractivity (Wildman–Crippen MR) is 136 cm³/mol. The summed E-state index contributed by atoms with van der Waals surface area (Å²) in [5.41, 5.74) is 2.74. The van der Waals surface area contributed by atoms with Crippen molar-refractivity contribution in [2.75, 3.05) is 27.2 Å². The number of hydrogen-bond acceptors (Lipinski definition) is 5. The molecule has 1 heterocycles. The van der Waals surface area contributed by atoms with Crippen molar-refractivity contribution in [2.45, 2.75) is 19.6 Å². The molecule has 1 atom stereocenters. The van der Waals surface area contributed by atoms with E-state index in [0.29, 0.717) is 30.0 Å². The number of amides is 1. The summed E-state index contributed by atoms with van der Waals surface area (Å²) < 4.78 is 19.6. The average molecular weight is 489 g/mol. The first-order valence-corrected chi connectivity index (χ1v) is 11.7. The number of aliphatic hydroxyl groups excluding tert-OH is 1. The third-order valence-electron chi connectivity index (χ3n) is 6.20. The van der Waals surface area contributed by atoms with Gasteiger partial charge >= 0.3 is 0 Å². The highest BCUT2D eigenvalue weighted by atomic mass is 19.1. The fraction of sp³-hybridized carbons (Fsp3) is 0.241. The van der Waals surface area contributed by atoms with Crippen molar-refractivity contribution in [3.05, 3.63) is 106 Å². The molecule has 3 aromatic carbocycles. The number of halogens is 1. The lowest BCUT2D eigenvalue weighted by Gasteiger charge is -2.26. The van der Waals surface area contributed by atoms with Gasteiger partial charge in [0, 0.05) is 18.7 Å². The molecule has 4 rings (SSSR count). The van der Waals surface area contributed by atoms with Gasteiger partial charge in [-0.3, -0.25) is 9.59 Å². The summed E-state index contributed by atoms with van der Waals surface area (Å²) in [5.74, 6) is -1.50. The van der Waals surface area contributed by atoms with Crippen LogP contribution in [-0.4, -0.2) is 53.8 Å². The van der Waals surface area contributed by atoms with E-state index in [-0.39, 0.29) is 17.9 Å². The van der Waals surface area contributed by atoms with Gasteiger partial charge in [-0.25, -0.2) is 4.39 Å². The molecule has 1 saturated heterocycles. The summed E-state index contributed by atoms with van der Waals surface area (Å²) >= 11 is 0. The molecule has 0 spiro atoms. The Balaban J connectivity index is 1.69. The third-order valence-corrected chi connectivity index (χ3v) is 6.20. The van der Waals surface area contributed by atoms with Gasteiger partial charge in [0.15, 0.2) is 0 Å². The zero-order valence-electron chi connectivity index (χ0n) is 20.6. The average Bonchev–Trinajstić information content (AvgIpc) is 3.12. The monoisotopic (exact) mass is 488 g/mol. The molecule has 3 aromatic rings. The van der Waals surface area contributed by atoms with Crippen LogP contribution in [0, 0.1) is 12.7 Å². The molecule has 0 aliphatic carbocycles. The summed E-state index contributed by atoms with van der Waals surface area (Å²) in [6.07, 6.45) is 0. The van der Waals surface area contributed by atoms with Crippen LogP contribution in [0.1, 0.15) is 28.3 Å². The van der Waals surface area contributed by atoms with E-state index in [9.17, 15) is 19.1 Å². The molecular formula is C29H29FN2O4. The number of likely N-dealkylation sites (N-methyl/N-ethyl adjacent to an activating group) is 1. The van der Waals surface area contributed by atoms with Gasteiger partial charge in [-0.1, -0.05) is 42.5 Å². The number of benzene rings is 3. The second kappa shape index (κ2) is 10.7. The Morgan fingerprint density at radius 2 is 1.72 bits per heavy atom. The highest BCUT2D eigenvalue weighted by Crippen LogP contribution is 2.39. The zero-order valence-corrected chi connectivity index (χ0v) is 20.6. The molecule has 7 heteroatoms. The minimum Gasteiger partial charge on any atom is -0.507 e. The fourth-order valence-electron chi connectivity index (χ4n) is 4.26. The minimum absolute atomic E-state index is 0.0114. The van der Waals surface area contributed by atoms with Crippen LogP contribution in [-0.2, 0) is 16.2 Å². The maximum Gasteiger partial charge on any atom is 0.295 e. The second-order valence-corrected chi connectivity index (χ2v) is 9.10. The Bertz CT molecular complexity index is 1290. The minimum atomic E-state index is -0.820. The molecule has 0 bridgehead atoms. The summed E-state index contributed by atoms with van der Waals surface area (Å²) in [4.78, 5) is 29.4. The van der Waals surface area contributed by atoms with Crippen molar-refractivity contribution in [3.8, 4) is 5.75 Å². The van der Waals surface area contributed by atoms with Crippen molar-refractivity contribution >= 4 is 17.4 Å². The summed E-state index contributed by atoms with van der Waals surface area (Å²) in [6.45, 7) is 3.05. The number of carbonyl (C=O) groups is 2. The zero-order chi connectivity index (χ0) is 25.8. The van der Waals surface area contributed by atoms with E-state index >= 15 is 0 Å². The Morgan fingerprint density at radius 3 is 2.36 bits per heavy atom. The highest BCUT2D eigenvalue weighted by Gasteiger charge is 2.45. The van der Waals surface area contributed by atoms with E-state index < -0.39 is 23.5 Å². The van der Waals surface area contributed by atoms with Crippen molar-refractivity contribution in [1.29, 1.82) is 0 Å². The molecule has 0 radical (unpaired) electrons. The third kappa shape index (κ3) is 5.31. The molecular weight excluding hydrogens is 459 g/mol. The Hall–Kier alpha value is -3.97. The van der Waals surface area contributed by atoms with Crippen LogP contribution in [0.2, 0.25) is 0 Å². The maximum absolute atomic E-state index is 13.6. The summed E-state index contributed by atoms with van der Waals surface area (Å²) in [6, 6.07) is 19.7. The second-order valence-electron chi connectivity index (χ2n) is 9.10. The molecule has 36 heavy (non-hydrogen) atoms. The van der Waals surface area contributed by atoms with Crippen LogP contribution in [0.5, 0.6) is 5.75 Å². The molecule has 1 aliphatic heterocycles. The van der Waals surface area contributed by atoms with Crippen molar-refractivity contribution < 1.29 is 23.8 Å². The van der Waals surface area contributed by atoms with Gasteiger partial charge in [-0.2, -0.15) is 0 Å². The van der Waals surface area contributed by atoms with E-state index in [1.54, 1.807) is 18.2 Å². The van der Waals surface area contributed by atoms with Crippen LogP contribution < -0.4 is 4.74 Å². The number of hydrogen-bond donors (Lipinski definition) is 1. The van der Waals surface area contributed by atoms with Gasteiger partial charge in [0.2, 0.25) is 0 Å². The molecule has 1 aliphatic rings. The lowest BCUT2D eigenvalue weighted by Crippen LogP contribution is -2.35. The molecule has 6 nitrogen and oxygen atoms in total. The standard InChI is InChI=1S/C29H29FN2O4/c1-19-17-22(11-14-24(19)36-18-20-7-5-4-6-8-20)27(33)25-26(21-9-12-23(30)13-10-21)32(16-15-31(2)3)29(35)28(25)34/h4-14,17,26,33H,15-16,18H2,1-3H3/t26-/m0/s1. The van der Waals surface area contributed by atoms with Gasteiger partial charge in [0.1, 0.15) is 23.9 Å². The van der Waals surface area contributed by atoms with E-state index in [1.165, 1.54) is 29.2 Å². The fourth-order valence-corrected chi connectivity index (χ4v) is 4.26. The molecule has 0 aromatic heterocycles. The van der Waals surface area contributed by atoms with Crippen molar-refractivity contribution in [2.24, 2.45) is 0 Å². The molecule has 1 N–H and O–H groups in total. The number of ether oxygens (including phenoxy) is 1. The van der Waals surface area contributed by atoms with Gasteiger partial charge in [-0.15, -0.1) is 0 Å². The van der Waals surface area contributed by atoms with E-state index in [2.05, 4.69) is 0 Å². The van der Waals surface area contributed by atoms with Crippen LogP contribution in [0.15, 0.2) is 78.4 Å². The van der Waals surface area contributed by atoms with E-state index in [4.69, 9.17) is 4.74 Å². The molecule has 1 fully saturated rings. The normalized spacial score (nSPS) is 17.1. The van der Waals surface area contributed by atoms with Crippen molar-refractivity contribution in [1.82, 2.24) is 9.80 Å². The largest absolute Gasteiger partial charge is 0.507 e. The number of rotatable bonds is 8. The quantitative estimate of drug-likeness (QED) is 0.283. The Labute approximate surface area is 210 Å². The number of ketones is 1. The lowest BCUT2D eigenvalue weighted by atomic mass is 9.94. The van der Waals surface area contributed by atoms with Crippen LogP contribution >= 0.6 is 0 Å². The summed E-state index contributed by atoms with van der Waals surface area (Å²) in [5, 5.41) is 11.3. The first-order valence-electron chi connectivity index (χ1n) is 11.7. The van der Waals surface area contributed by atoms with E-state index in [1.807, 2.05) is 56.3 Å². The number of Topliss-reactive ketones (excluding diaryl/α,β-unsaturated/α-hetero) is 1. The first kappa shape index (κ1) is 25.1. The SMILES string of the molecule is Cc1cc(C(O)=C2C(=O)C(=O)N(CCN(C)C)[C@H]2c2ccc(F)cc2)ccc1OCc1ccccc1. The number of nitrogens with zero attached hydrogens (tertiary/aromatic N) is 2. The van der Waals surface area contributed by atoms with Gasteiger partial charge in [-0.05, 0) is 68.0 Å². The van der Waals surface area contributed by atoms with Crippen LogP contribution in [0.25, 0.3) is 5.76 Å². The first-order chi connectivity index (χ1) is 17.3. The lowest BCUT2D eigenvalue weighted by molar-refractivity contribution is -0.140. The van der Waals surface area contributed by atoms with Crippen LogP contribution in [0.4, 0.5) is 4.39 Å². The summed E-state index contributed by atoms with van der Waals surface area (Å²) in [7, 11) is 3.74. The Morgan fingerprint density at radius 1 is 1.03 bits per heavy atom. The highest BCUT2D eigenvalue weighted by molar-refractivity contribution is 6.46. The van der Waals surface area contributed by atoms with Crippen LogP contribution in [0.3, 0.4) is 0 Å². The van der Waals surface area contributed by atoms with E-state index in [0.717, 1.165) is 11.1 Å². The maximum atomic E-state index is 13.6. The smallest absolute Gasteiger partial charge is 0.295 e. The molecule has 0 unspecified atom stereocenters. The number of aryl methyl sites for hydroxylation is 1. The number of carbonyl (C=O) groups excluding carboxylic acids is 2. The number of aliphatic hydroxyl groups is 1. The van der Waals surface area contributed by atoms with Gasteiger partial charge in [0.25, 0.3) is 11.7 Å². The number of likely N-dealkylation sites (tertiary alicyclic amines) is 1. The van der Waals surface area contributed by atoms with Gasteiger partial charge in [0.05, 0.1) is 11.6 Å². The van der Waals surface area contributed by atoms with Gasteiger partial charge < -0.3 is 19.6 Å². The Kier molecular flexibility index (Phi) is 7.50. The predicted octanol–water partition coefficient (Wildman–Crippen LogP) is 4.70. The molecule has 0 saturated carbocycles. The molecule has 1 amide bonds. The molecule has 186 valence electrons. The van der Waals surface area contributed by atoms with Crippen molar-refractivity contribution in [3.63, 3.8) is 0 Å². The topological polar surface area (TPSA) is 70.1 Å².